The lowest BCUT2D eigenvalue weighted by Gasteiger charge is -2.26. The number of aryl methyl sites for hydroxylation is 2. The fraction of sp³-hybridized carbons (Fsp3) is 0.238. The molecule has 0 bridgehead atoms. The van der Waals surface area contributed by atoms with Gasteiger partial charge in [0.15, 0.2) is 0 Å². The number of aliphatic hydroxyl groups excluding tert-OH is 1. The summed E-state index contributed by atoms with van der Waals surface area (Å²) in [6.07, 6.45) is 0. The zero-order chi connectivity index (χ0) is 20.0. The van der Waals surface area contributed by atoms with E-state index in [0.717, 1.165) is 26.7 Å². The minimum Gasteiger partial charge on any atom is -0.507 e. The number of phenolic OH excluding ortho intramolecular Hbond substituents is 1. The molecule has 0 aliphatic carbocycles. The molecule has 6 nitrogen and oxygen atoms in total. The Kier molecular flexibility index (Phi) is 4.72. The molecule has 0 fully saturated rings. The van der Waals surface area contributed by atoms with E-state index in [1.807, 2.05) is 50.2 Å². The van der Waals surface area contributed by atoms with Crippen molar-refractivity contribution in [1.29, 1.82) is 0 Å². The van der Waals surface area contributed by atoms with E-state index in [0.29, 0.717) is 17.0 Å². The number of aromatic nitrogens is 2. The fourth-order valence-corrected chi connectivity index (χ4v) is 4.32. The Morgan fingerprint density at radius 1 is 1.25 bits per heavy atom. The predicted molar refractivity (Wildman–Crippen MR) is 109 cm³/mol. The van der Waals surface area contributed by atoms with Crippen molar-refractivity contribution in [2.24, 2.45) is 0 Å². The maximum atomic E-state index is 13.0. The molecule has 1 atom stereocenters. The highest BCUT2D eigenvalue weighted by Gasteiger charge is 2.42. The molecule has 144 valence electrons. The van der Waals surface area contributed by atoms with E-state index >= 15 is 0 Å². The molecule has 1 aliphatic rings. The number of carbonyl (C=O) groups is 1. The molecule has 7 heteroatoms. The summed E-state index contributed by atoms with van der Waals surface area (Å²) in [7, 11) is 0. The second-order valence-electron chi connectivity index (χ2n) is 7.02. The molecule has 0 saturated heterocycles. The first-order valence-electron chi connectivity index (χ1n) is 8.98. The van der Waals surface area contributed by atoms with Gasteiger partial charge in [0.05, 0.1) is 12.6 Å². The lowest BCUT2D eigenvalue weighted by atomic mass is 9.94. The van der Waals surface area contributed by atoms with Gasteiger partial charge in [-0.25, -0.2) is 0 Å². The molecule has 3 aromatic rings. The maximum absolute atomic E-state index is 13.0. The normalized spacial score (nSPS) is 15.9. The van der Waals surface area contributed by atoms with Crippen LogP contribution in [-0.2, 0) is 0 Å². The fourth-order valence-electron chi connectivity index (χ4n) is 3.90. The Bertz CT molecular complexity index is 1080. The number of rotatable bonds is 4. The van der Waals surface area contributed by atoms with Crippen LogP contribution in [0.2, 0.25) is 0 Å². The van der Waals surface area contributed by atoms with Crippen molar-refractivity contribution in [3.8, 4) is 17.0 Å². The van der Waals surface area contributed by atoms with Gasteiger partial charge in [0.25, 0.3) is 5.91 Å². The third kappa shape index (κ3) is 2.91. The summed E-state index contributed by atoms with van der Waals surface area (Å²) < 4.78 is 0.897. The van der Waals surface area contributed by atoms with Gasteiger partial charge in [0.2, 0.25) is 0 Å². The second kappa shape index (κ2) is 7.07. The highest BCUT2D eigenvalue weighted by atomic mass is 79.9. The highest BCUT2D eigenvalue weighted by Crippen LogP contribution is 2.45. The maximum Gasteiger partial charge on any atom is 0.273 e. The summed E-state index contributed by atoms with van der Waals surface area (Å²) in [4.78, 5) is 14.6. The predicted octanol–water partition coefficient (Wildman–Crippen LogP) is 3.70. The summed E-state index contributed by atoms with van der Waals surface area (Å²) >= 11 is 3.49. The van der Waals surface area contributed by atoms with Crippen LogP contribution in [0.1, 0.15) is 38.8 Å². The van der Waals surface area contributed by atoms with Crippen molar-refractivity contribution in [1.82, 2.24) is 15.1 Å². The number of phenols is 1. The highest BCUT2D eigenvalue weighted by molar-refractivity contribution is 9.10. The number of β-amino-alcohol motifs (C(OH)–C–C–N with tert-alkyl or cyclic N) is 1. The Morgan fingerprint density at radius 3 is 2.75 bits per heavy atom. The number of benzene rings is 2. The van der Waals surface area contributed by atoms with Crippen LogP contribution < -0.4 is 0 Å². The number of hydrogen-bond donors (Lipinski definition) is 3. The number of nitrogens with one attached hydrogen (secondary N) is 1. The molecular weight excluding hydrogens is 422 g/mol. The van der Waals surface area contributed by atoms with Gasteiger partial charge in [0.1, 0.15) is 17.1 Å². The number of nitrogens with zero attached hydrogens (tertiary/aromatic N) is 2. The summed E-state index contributed by atoms with van der Waals surface area (Å²) in [6, 6.07) is 11.1. The molecule has 3 N–H and O–H groups in total. The van der Waals surface area contributed by atoms with E-state index in [2.05, 4.69) is 26.1 Å². The number of aromatic hydroxyl groups is 1. The molecule has 2 aromatic carbocycles. The molecule has 0 spiro atoms. The molecule has 2 heterocycles. The van der Waals surface area contributed by atoms with Crippen LogP contribution in [0.15, 0.2) is 40.9 Å². The van der Waals surface area contributed by atoms with Crippen molar-refractivity contribution < 1.29 is 15.0 Å². The van der Waals surface area contributed by atoms with Crippen LogP contribution >= 0.6 is 15.9 Å². The average molecular weight is 442 g/mol. The summed E-state index contributed by atoms with van der Waals surface area (Å²) in [5.41, 5.74) is 4.91. The Labute approximate surface area is 171 Å². The second-order valence-corrected chi connectivity index (χ2v) is 7.93. The monoisotopic (exact) mass is 441 g/mol. The SMILES string of the molecule is Cc1cc(C)c(O)c(-c2n[nH]c3c2C(c2cccc(Br)c2)N(CCO)C3=O)c1. The Hall–Kier alpha value is -2.64. The smallest absolute Gasteiger partial charge is 0.273 e. The Morgan fingerprint density at radius 2 is 2.04 bits per heavy atom. The topological polar surface area (TPSA) is 89.5 Å². The molecule has 0 saturated carbocycles. The number of H-pyrrole nitrogens is 1. The van der Waals surface area contributed by atoms with Gasteiger partial charge in [-0.2, -0.15) is 5.10 Å². The largest absolute Gasteiger partial charge is 0.507 e. The third-order valence-electron chi connectivity index (χ3n) is 5.07. The number of fused-ring (bicyclic) bond motifs is 1. The van der Waals surface area contributed by atoms with Crippen LogP contribution in [0.3, 0.4) is 0 Å². The van der Waals surface area contributed by atoms with Gasteiger partial charge in [-0.1, -0.05) is 34.1 Å². The van der Waals surface area contributed by atoms with Gasteiger partial charge < -0.3 is 15.1 Å². The molecule has 0 radical (unpaired) electrons. The molecular formula is C21H20BrN3O3. The van der Waals surface area contributed by atoms with E-state index in [-0.39, 0.29) is 24.8 Å². The van der Waals surface area contributed by atoms with Gasteiger partial charge >= 0.3 is 0 Å². The van der Waals surface area contributed by atoms with Gasteiger partial charge in [0, 0.05) is 22.1 Å². The summed E-state index contributed by atoms with van der Waals surface area (Å²) in [5, 5.41) is 27.4. The van der Waals surface area contributed by atoms with Crippen molar-refractivity contribution in [2.75, 3.05) is 13.2 Å². The van der Waals surface area contributed by atoms with E-state index in [9.17, 15) is 15.0 Å². The number of halogens is 1. The molecule has 1 unspecified atom stereocenters. The first kappa shape index (κ1) is 18.7. The third-order valence-corrected chi connectivity index (χ3v) is 5.56. The average Bonchev–Trinajstić information content (AvgIpc) is 3.18. The molecule has 4 rings (SSSR count). The lowest BCUT2D eigenvalue weighted by Crippen LogP contribution is -2.32. The standard InChI is InChI=1S/C21H20BrN3O3/c1-11-8-12(2)20(27)15(9-11)17-16-18(24-23-17)21(28)25(6-7-26)19(16)13-4-3-5-14(22)10-13/h3-5,8-10,19,26-27H,6-7H2,1-2H3,(H,23,24). The number of carbonyl (C=O) groups excluding carboxylic acids is 1. The van der Waals surface area contributed by atoms with Gasteiger partial charge in [-0.15, -0.1) is 0 Å². The number of hydrogen-bond acceptors (Lipinski definition) is 4. The van der Waals surface area contributed by atoms with Crippen LogP contribution in [0.4, 0.5) is 0 Å². The minimum absolute atomic E-state index is 0.141. The van der Waals surface area contributed by atoms with Gasteiger partial charge in [-0.3, -0.25) is 9.89 Å². The van der Waals surface area contributed by atoms with Crippen molar-refractivity contribution in [3.63, 3.8) is 0 Å². The molecule has 1 amide bonds. The van der Waals surface area contributed by atoms with Gasteiger partial charge in [-0.05, 0) is 48.7 Å². The molecule has 28 heavy (non-hydrogen) atoms. The zero-order valence-electron chi connectivity index (χ0n) is 15.5. The zero-order valence-corrected chi connectivity index (χ0v) is 17.1. The van der Waals surface area contributed by atoms with Crippen LogP contribution in [0.5, 0.6) is 5.75 Å². The quantitative estimate of drug-likeness (QED) is 0.575. The van der Waals surface area contributed by atoms with E-state index in [1.165, 1.54) is 0 Å². The molecule has 1 aromatic heterocycles. The first-order valence-corrected chi connectivity index (χ1v) is 9.77. The van der Waals surface area contributed by atoms with Crippen LogP contribution in [0.25, 0.3) is 11.3 Å². The van der Waals surface area contributed by atoms with E-state index in [4.69, 9.17) is 0 Å². The van der Waals surface area contributed by atoms with E-state index < -0.39 is 6.04 Å². The molecule has 1 aliphatic heterocycles. The Balaban J connectivity index is 1.95. The number of aliphatic hydroxyl groups is 1. The summed E-state index contributed by atoms with van der Waals surface area (Å²) in [6.45, 7) is 3.86. The lowest BCUT2D eigenvalue weighted by molar-refractivity contribution is 0.0706. The van der Waals surface area contributed by atoms with Crippen molar-refractivity contribution in [2.45, 2.75) is 19.9 Å². The van der Waals surface area contributed by atoms with Crippen molar-refractivity contribution >= 4 is 21.8 Å². The number of aromatic amines is 1. The van der Waals surface area contributed by atoms with E-state index in [1.54, 1.807) is 4.90 Å². The summed E-state index contributed by atoms with van der Waals surface area (Å²) in [5.74, 6) is -0.0578. The van der Waals surface area contributed by atoms with Crippen LogP contribution in [-0.4, -0.2) is 44.4 Å². The van der Waals surface area contributed by atoms with Crippen LogP contribution in [0, 0.1) is 13.8 Å². The number of amides is 1. The minimum atomic E-state index is -0.402. The van der Waals surface area contributed by atoms with Crippen molar-refractivity contribution in [3.05, 3.63) is 68.8 Å². The first-order chi connectivity index (χ1) is 13.4.